The van der Waals surface area contributed by atoms with Gasteiger partial charge in [0.25, 0.3) is 0 Å². The summed E-state index contributed by atoms with van der Waals surface area (Å²) in [5.74, 6) is -1.17. The molecule has 0 aliphatic heterocycles. The van der Waals surface area contributed by atoms with Gasteiger partial charge in [-0.1, -0.05) is 6.07 Å². The highest BCUT2D eigenvalue weighted by atomic mass is 19.1. The third-order valence-electron chi connectivity index (χ3n) is 1.46. The smallest absolute Gasteiger partial charge is 0.130 e. The Morgan fingerprint density at radius 3 is 2.00 bits per heavy atom. The van der Waals surface area contributed by atoms with E-state index in [1.807, 2.05) is 0 Å². The van der Waals surface area contributed by atoms with Gasteiger partial charge in [-0.3, -0.25) is 0 Å². The van der Waals surface area contributed by atoms with Gasteiger partial charge in [0, 0.05) is 11.6 Å². The second kappa shape index (κ2) is 2.96. The molecule has 1 nitrogen and oxygen atoms in total. The summed E-state index contributed by atoms with van der Waals surface area (Å²) >= 11 is 0. The molecule has 60 valence electrons. The van der Waals surface area contributed by atoms with Gasteiger partial charge >= 0.3 is 0 Å². The van der Waals surface area contributed by atoms with Crippen molar-refractivity contribution in [1.29, 1.82) is 0 Å². The number of nitrogens with two attached hydrogens (primary N) is 1. The zero-order valence-corrected chi connectivity index (χ0v) is 6.14. The van der Waals surface area contributed by atoms with Crippen molar-refractivity contribution < 1.29 is 8.78 Å². The molecule has 0 fully saturated rings. The molecule has 0 aliphatic rings. The molecule has 1 aromatic carbocycles. The Hall–Kier alpha value is -0.960. The topological polar surface area (TPSA) is 26.0 Å². The lowest BCUT2D eigenvalue weighted by atomic mass is 10.1. The Morgan fingerprint density at radius 1 is 1.27 bits per heavy atom. The Labute approximate surface area is 63.8 Å². The molecule has 0 bridgehead atoms. The SMILES string of the molecule is C[C@H](N)c1c(F)cccc1F. The van der Waals surface area contributed by atoms with Crippen LogP contribution >= 0.6 is 0 Å². The van der Waals surface area contributed by atoms with Gasteiger partial charge in [0.2, 0.25) is 0 Å². The molecule has 2 N–H and O–H groups in total. The molecule has 0 heterocycles. The molecule has 3 heteroatoms. The first kappa shape index (κ1) is 8.14. The van der Waals surface area contributed by atoms with Crippen LogP contribution in [0.25, 0.3) is 0 Å². The lowest BCUT2D eigenvalue weighted by Gasteiger charge is -2.06. The maximum atomic E-state index is 12.8. The van der Waals surface area contributed by atoms with Gasteiger partial charge in [-0.05, 0) is 19.1 Å². The molecule has 1 atom stereocenters. The van der Waals surface area contributed by atoms with Crippen molar-refractivity contribution >= 4 is 0 Å². The zero-order chi connectivity index (χ0) is 8.43. The monoisotopic (exact) mass is 157 g/mol. The highest BCUT2D eigenvalue weighted by Crippen LogP contribution is 2.17. The molecule has 11 heavy (non-hydrogen) atoms. The highest BCUT2D eigenvalue weighted by molar-refractivity contribution is 5.22. The van der Waals surface area contributed by atoms with Crippen molar-refractivity contribution in [1.82, 2.24) is 0 Å². The second-order valence-electron chi connectivity index (χ2n) is 2.42. The number of halogens is 2. The first-order valence-corrected chi connectivity index (χ1v) is 3.32. The molecule has 0 amide bonds. The Kier molecular flexibility index (Phi) is 2.19. The van der Waals surface area contributed by atoms with Crippen LogP contribution in [-0.2, 0) is 0 Å². The van der Waals surface area contributed by atoms with Crippen LogP contribution in [0.4, 0.5) is 8.78 Å². The van der Waals surface area contributed by atoms with Gasteiger partial charge < -0.3 is 5.73 Å². The molecule has 1 aromatic rings. The fourth-order valence-corrected chi connectivity index (χ4v) is 0.946. The van der Waals surface area contributed by atoms with E-state index in [2.05, 4.69) is 0 Å². The van der Waals surface area contributed by atoms with Gasteiger partial charge in [0.15, 0.2) is 0 Å². The Morgan fingerprint density at radius 2 is 1.73 bits per heavy atom. The molecule has 0 saturated heterocycles. The van der Waals surface area contributed by atoms with Crippen molar-refractivity contribution in [2.75, 3.05) is 0 Å². The minimum atomic E-state index is -0.601. The molecular formula is C8H9F2N. The molecule has 1 rings (SSSR count). The van der Waals surface area contributed by atoms with Crippen LogP contribution in [-0.4, -0.2) is 0 Å². The van der Waals surface area contributed by atoms with Crippen LogP contribution in [0.2, 0.25) is 0 Å². The van der Waals surface area contributed by atoms with E-state index in [0.29, 0.717) is 0 Å². The predicted octanol–water partition coefficient (Wildman–Crippen LogP) is 1.98. The molecule has 0 unspecified atom stereocenters. The fraction of sp³-hybridized carbons (Fsp3) is 0.250. The minimum absolute atomic E-state index is 0.0486. The van der Waals surface area contributed by atoms with Crippen LogP contribution in [0, 0.1) is 11.6 Å². The van der Waals surface area contributed by atoms with E-state index in [1.165, 1.54) is 18.2 Å². The van der Waals surface area contributed by atoms with Crippen LogP contribution in [0.3, 0.4) is 0 Å². The maximum Gasteiger partial charge on any atom is 0.130 e. The standard InChI is InChI=1S/C8H9F2N/c1-5(11)8-6(9)3-2-4-7(8)10/h2-5H,11H2,1H3/t5-/m0/s1. The van der Waals surface area contributed by atoms with E-state index < -0.39 is 17.7 Å². The minimum Gasteiger partial charge on any atom is -0.324 e. The van der Waals surface area contributed by atoms with E-state index in [9.17, 15) is 8.78 Å². The lowest BCUT2D eigenvalue weighted by molar-refractivity contribution is 0.537. The van der Waals surface area contributed by atoms with E-state index in [-0.39, 0.29) is 5.56 Å². The van der Waals surface area contributed by atoms with Crippen molar-refractivity contribution in [3.63, 3.8) is 0 Å². The molecule has 0 aromatic heterocycles. The van der Waals surface area contributed by atoms with Crippen molar-refractivity contribution in [3.8, 4) is 0 Å². The van der Waals surface area contributed by atoms with Gasteiger partial charge in [-0.25, -0.2) is 8.78 Å². The molecule has 0 aliphatic carbocycles. The number of rotatable bonds is 1. The number of benzene rings is 1. The van der Waals surface area contributed by atoms with E-state index in [0.717, 1.165) is 0 Å². The summed E-state index contributed by atoms with van der Waals surface area (Å²) in [6.07, 6.45) is 0. The van der Waals surface area contributed by atoms with E-state index >= 15 is 0 Å². The van der Waals surface area contributed by atoms with Crippen LogP contribution < -0.4 is 5.73 Å². The maximum absolute atomic E-state index is 12.8. The third kappa shape index (κ3) is 1.54. The summed E-state index contributed by atoms with van der Waals surface area (Å²) in [5, 5.41) is 0. The largest absolute Gasteiger partial charge is 0.324 e. The van der Waals surface area contributed by atoms with Crippen molar-refractivity contribution in [2.45, 2.75) is 13.0 Å². The van der Waals surface area contributed by atoms with E-state index in [1.54, 1.807) is 6.92 Å². The summed E-state index contributed by atoms with van der Waals surface area (Å²) in [5.41, 5.74) is 5.29. The van der Waals surface area contributed by atoms with Gasteiger partial charge in [0.05, 0.1) is 0 Å². The van der Waals surface area contributed by atoms with Crippen LogP contribution in [0.15, 0.2) is 18.2 Å². The predicted molar refractivity (Wildman–Crippen MR) is 39.0 cm³/mol. The van der Waals surface area contributed by atoms with Gasteiger partial charge in [0.1, 0.15) is 11.6 Å². The zero-order valence-electron chi connectivity index (χ0n) is 6.14. The number of hydrogen-bond donors (Lipinski definition) is 1. The summed E-state index contributed by atoms with van der Waals surface area (Å²) < 4.78 is 25.6. The van der Waals surface area contributed by atoms with E-state index in [4.69, 9.17) is 5.73 Å². The fourth-order valence-electron chi connectivity index (χ4n) is 0.946. The Balaban J connectivity index is 3.21. The molecule has 0 saturated carbocycles. The van der Waals surface area contributed by atoms with Crippen LogP contribution in [0.1, 0.15) is 18.5 Å². The quantitative estimate of drug-likeness (QED) is 0.662. The third-order valence-corrected chi connectivity index (χ3v) is 1.46. The average molecular weight is 157 g/mol. The normalized spacial score (nSPS) is 13.1. The first-order valence-electron chi connectivity index (χ1n) is 3.32. The van der Waals surface area contributed by atoms with Crippen molar-refractivity contribution in [2.24, 2.45) is 5.73 Å². The first-order chi connectivity index (χ1) is 5.13. The highest BCUT2D eigenvalue weighted by Gasteiger charge is 2.11. The van der Waals surface area contributed by atoms with Crippen LogP contribution in [0.5, 0.6) is 0 Å². The Bertz CT molecular complexity index is 238. The summed E-state index contributed by atoms with van der Waals surface area (Å²) in [6.45, 7) is 1.54. The van der Waals surface area contributed by atoms with Gasteiger partial charge in [-0.2, -0.15) is 0 Å². The summed E-state index contributed by atoms with van der Waals surface area (Å²) in [6, 6.07) is 3.11. The average Bonchev–Trinajstić information content (AvgIpc) is 1.85. The van der Waals surface area contributed by atoms with Gasteiger partial charge in [-0.15, -0.1) is 0 Å². The number of hydrogen-bond acceptors (Lipinski definition) is 1. The molecular weight excluding hydrogens is 148 g/mol. The lowest BCUT2D eigenvalue weighted by Crippen LogP contribution is -2.09. The molecule has 0 spiro atoms. The summed E-state index contributed by atoms with van der Waals surface area (Å²) in [7, 11) is 0. The molecule has 0 radical (unpaired) electrons. The summed E-state index contributed by atoms with van der Waals surface area (Å²) in [4.78, 5) is 0. The van der Waals surface area contributed by atoms with Crippen molar-refractivity contribution in [3.05, 3.63) is 35.4 Å². The second-order valence-corrected chi connectivity index (χ2v) is 2.42.